The predicted molar refractivity (Wildman–Crippen MR) is 98.6 cm³/mol. The van der Waals surface area contributed by atoms with Crippen LogP contribution in [-0.4, -0.2) is 27.7 Å². The summed E-state index contributed by atoms with van der Waals surface area (Å²) in [5.74, 6) is 1.47. The third-order valence-corrected chi connectivity index (χ3v) is 4.62. The first kappa shape index (κ1) is 17.5. The van der Waals surface area contributed by atoms with E-state index in [2.05, 4.69) is 15.3 Å². The molecule has 1 aromatic carbocycles. The van der Waals surface area contributed by atoms with Gasteiger partial charge < -0.3 is 15.0 Å². The highest BCUT2D eigenvalue weighted by molar-refractivity contribution is 7.99. The molecule has 2 aromatic rings. The fraction of sp³-hybridized carbons (Fsp3) is 0.389. The number of fused-ring (bicyclic) bond motifs is 1. The van der Waals surface area contributed by atoms with Gasteiger partial charge >= 0.3 is 0 Å². The number of benzene rings is 1. The van der Waals surface area contributed by atoms with Crippen LogP contribution in [0.4, 0.5) is 5.82 Å². The second kappa shape index (κ2) is 7.31. The number of hydrogen-bond acceptors (Lipinski definition) is 5. The number of anilines is 1. The lowest BCUT2D eigenvalue weighted by Crippen LogP contribution is -2.31. The Morgan fingerprint density at radius 1 is 1.28 bits per heavy atom. The van der Waals surface area contributed by atoms with Crippen molar-refractivity contribution in [2.75, 3.05) is 11.1 Å². The Balaban J connectivity index is 1.99. The molecule has 7 heteroatoms. The average Bonchev–Trinajstić information content (AvgIpc) is 2.54. The maximum atomic E-state index is 12.6. The molecule has 3 rings (SSSR count). The van der Waals surface area contributed by atoms with Crippen LogP contribution in [0.25, 0.3) is 0 Å². The Morgan fingerprint density at radius 2 is 2.00 bits per heavy atom. The summed E-state index contributed by atoms with van der Waals surface area (Å²) in [6.45, 7) is 5.91. The second-order valence-corrected chi connectivity index (χ2v) is 7.36. The number of nitrogens with zero attached hydrogens (tertiary/aromatic N) is 1. The standard InChI is InChI=1S/C18H21N3O3S/c1-4-25-18-20-16-15(17(23)21-18)13(9-14(22)19-16)11-5-7-12(8-6-11)24-10(2)3/h5-8,10,13H,4,9H2,1-3H3,(H2,19,20,21,22,23)/t13-/m0/s1. The lowest BCUT2D eigenvalue weighted by atomic mass is 9.87. The van der Waals surface area contributed by atoms with Gasteiger partial charge in [-0.3, -0.25) is 9.59 Å². The molecule has 1 aliphatic rings. The normalized spacial score (nSPS) is 16.5. The molecule has 0 spiro atoms. The molecule has 25 heavy (non-hydrogen) atoms. The van der Waals surface area contributed by atoms with Crippen molar-refractivity contribution in [1.29, 1.82) is 0 Å². The van der Waals surface area contributed by atoms with E-state index in [4.69, 9.17) is 4.74 Å². The topological polar surface area (TPSA) is 84.1 Å². The Hall–Kier alpha value is -2.28. The molecule has 0 saturated carbocycles. The minimum absolute atomic E-state index is 0.0913. The molecule has 0 aliphatic carbocycles. The molecule has 1 aliphatic heterocycles. The van der Waals surface area contributed by atoms with E-state index in [1.807, 2.05) is 45.0 Å². The van der Waals surface area contributed by atoms with E-state index in [1.165, 1.54) is 11.8 Å². The molecule has 132 valence electrons. The summed E-state index contributed by atoms with van der Waals surface area (Å²) in [5.41, 5.74) is 1.21. The fourth-order valence-corrected chi connectivity index (χ4v) is 3.49. The molecule has 1 aromatic heterocycles. The smallest absolute Gasteiger partial charge is 0.257 e. The zero-order valence-electron chi connectivity index (χ0n) is 14.5. The number of H-pyrrole nitrogens is 1. The second-order valence-electron chi connectivity index (χ2n) is 6.11. The van der Waals surface area contributed by atoms with Gasteiger partial charge in [-0.1, -0.05) is 30.8 Å². The van der Waals surface area contributed by atoms with Crippen molar-refractivity contribution in [2.45, 2.75) is 44.4 Å². The molecule has 1 amide bonds. The van der Waals surface area contributed by atoms with E-state index in [0.717, 1.165) is 17.1 Å². The van der Waals surface area contributed by atoms with Gasteiger partial charge in [-0.2, -0.15) is 0 Å². The van der Waals surface area contributed by atoms with Crippen molar-refractivity contribution in [1.82, 2.24) is 9.97 Å². The predicted octanol–water partition coefficient (Wildman–Crippen LogP) is 3.14. The minimum atomic E-state index is -0.311. The quantitative estimate of drug-likeness (QED) is 0.633. The van der Waals surface area contributed by atoms with Gasteiger partial charge in [0, 0.05) is 12.3 Å². The SMILES string of the molecule is CCSc1nc2c(c(=O)[nH]1)[C@H](c1ccc(OC(C)C)cc1)CC(=O)N2. The van der Waals surface area contributed by atoms with Crippen LogP contribution in [0.2, 0.25) is 0 Å². The molecule has 6 nitrogen and oxygen atoms in total. The number of carbonyl (C=O) groups excluding carboxylic acids is 1. The molecule has 0 unspecified atom stereocenters. The highest BCUT2D eigenvalue weighted by atomic mass is 32.2. The molecular formula is C18H21N3O3S. The fourth-order valence-electron chi connectivity index (χ4n) is 2.89. The van der Waals surface area contributed by atoms with Crippen molar-refractivity contribution in [3.05, 3.63) is 45.7 Å². The van der Waals surface area contributed by atoms with E-state index in [1.54, 1.807) is 0 Å². The first-order valence-corrected chi connectivity index (χ1v) is 9.30. The van der Waals surface area contributed by atoms with Gasteiger partial charge in [-0.15, -0.1) is 0 Å². The van der Waals surface area contributed by atoms with Gasteiger partial charge in [-0.25, -0.2) is 4.98 Å². The van der Waals surface area contributed by atoms with Gasteiger partial charge in [0.2, 0.25) is 5.91 Å². The van der Waals surface area contributed by atoms with Gasteiger partial charge in [-0.05, 0) is 37.3 Å². The van der Waals surface area contributed by atoms with Crippen LogP contribution < -0.4 is 15.6 Å². The summed E-state index contributed by atoms with van der Waals surface area (Å²) in [6.07, 6.45) is 0.316. The Kier molecular flexibility index (Phi) is 5.13. The zero-order chi connectivity index (χ0) is 18.0. The van der Waals surface area contributed by atoms with Crippen LogP contribution in [0, 0.1) is 0 Å². The summed E-state index contributed by atoms with van der Waals surface area (Å²) in [4.78, 5) is 31.9. The van der Waals surface area contributed by atoms with Gasteiger partial charge in [0.15, 0.2) is 5.16 Å². The van der Waals surface area contributed by atoms with Crippen molar-refractivity contribution in [3.63, 3.8) is 0 Å². The van der Waals surface area contributed by atoms with Gasteiger partial charge in [0.25, 0.3) is 5.56 Å². The van der Waals surface area contributed by atoms with Crippen LogP contribution in [0.3, 0.4) is 0 Å². The lowest BCUT2D eigenvalue weighted by Gasteiger charge is -2.24. The van der Waals surface area contributed by atoms with Gasteiger partial charge in [0.1, 0.15) is 11.6 Å². The Morgan fingerprint density at radius 3 is 2.64 bits per heavy atom. The highest BCUT2D eigenvalue weighted by Crippen LogP contribution is 2.35. The van der Waals surface area contributed by atoms with E-state index in [0.29, 0.717) is 16.5 Å². The van der Waals surface area contributed by atoms with Crippen molar-refractivity contribution in [3.8, 4) is 5.75 Å². The molecule has 2 heterocycles. The summed E-state index contributed by atoms with van der Waals surface area (Å²) >= 11 is 1.43. The molecule has 0 radical (unpaired) electrons. The van der Waals surface area contributed by atoms with Crippen LogP contribution in [-0.2, 0) is 4.79 Å². The van der Waals surface area contributed by atoms with Crippen LogP contribution in [0.15, 0.2) is 34.2 Å². The first-order chi connectivity index (χ1) is 12.0. The minimum Gasteiger partial charge on any atom is -0.491 e. The Bertz CT molecular complexity index is 830. The number of nitrogens with one attached hydrogen (secondary N) is 2. The van der Waals surface area contributed by atoms with Crippen molar-refractivity contribution < 1.29 is 9.53 Å². The average molecular weight is 359 g/mol. The summed E-state index contributed by atoms with van der Waals surface area (Å²) in [5, 5.41) is 3.25. The van der Waals surface area contributed by atoms with Crippen molar-refractivity contribution >= 4 is 23.5 Å². The molecule has 1 atom stereocenters. The summed E-state index contributed by atoms with van der Waals surface area (Å²) < 4.78 is 5.65. The Labute approximate surface area is 150 Å². The monoisotopic (exact) mass is 359 g/mol. The number of rotatable bonds is 5. The van der Waals surface area contributed by atoms with Crippen LogP contribution in [0.1, 0.15) is 44.2 Å². The third-order valence-electron chi connectivity index (χ3n) is 3.86. The maximum Gasteiger partial charge on any atom is 0.257 e. The molecule has 2 N–H and O–H groups in total. The van der Waals surface area contributed by atoms with Crippen molar-refractivity contribution in [2.24, 2.45) is 0 Å². The number of thioether (sulfide) groups is 1. The van der Waals surface area contributed by atoms with Crippen LogP contribution >= 0.6 is 11.8 Å². The number of aromatic amines is 1. The van der Waals surface area contributed by atoms with Gasteiger partial charge in [0.05, 0.1) is 11.7 Å². The summed E-state index contributed by atoms with van der Waals surface area (Å²) in [6, 6.07) is 7.53. The van der Waals surface area contributed by atoms with E-state index >= 15 is 0 Å². The maximum absolute atomic E-state index is 12.6. The lowest BCUT2D eigenvalue weighted by molar-refractivity contribution is -0.116. The molecule has 0 fully saturated rings. The number of amides is 1. The first-order valence-electron chi connectivity index (χ1n) is 8.31. The molecule has 0 saturated heterocycles. The van der Waals surface area contributed by atoms with E-state index < -0.39 is 0 Å². The highest BCUT2D eigenvalue weighted by Gasteiger charge is 2.30. The number of carbonyl (C=O) groups is 1. The number of hydrogen-bond donors (Lipinski definition) is 2. The van der Waals surface area contributed by atoms with Crippen LogP contribution in [0.5, 0.6) is 5.75 Å². The number of ether oxygens (including phenoxy) is 1. The number of aromatic nitrogens is 2. The van der Waals surface area contributed by atoms with E-state index in [9.17, 15) is 9.59 Å². The summed E-state index contributed by atoms with van der Waals surface area (Å²) in [7, 11) is 0. The third kappa shape index (κ3) is 3.87. The molecule has 0 bridgehead atoms. The zero-order valence-corrected chi connectivity index (χ0v) is 15.3. The molecular weight excluding hydrogens is 338 g/mol. The largest absolute Gasteiger partial charge is 0.491 e. The van der Waals surface area contributed by atoms with E-state index in [-0.39, 0.29) is 29.9 Å².